The highest BCUT2D eigenvalue weighted by Gasteiger charge is 2.11. The van der Waals surface area contributed by atoms with Crippen molar-refractivity contribution in [1.82, 2.24) is 35.2 Å². The van der Waals surface area contributed by atoms with Crippen LogP contribution < -0.4 is 0 Å². The monoisotopic (exact) mass is 376 g/mol. The van der Waals surface area contributed by atoms with Gasteiger partial charge in [-0.15, -0.1) is 15.3 Å². The molecule has 0 spiro atoms. The number of benzene rings is 1. The molecule has 132 valence electrons. The molecule has 4 aromatic rings. The van der Waals surface area contributed by atoms with Gasteiger partial charge in [0.05, 0.1) is 30.1 Å². The summed E-state index contributed by atoms with van der Waals surface area (Å²) in [5.41, 5.74) is 3.01. The normalized spacial score (nSPS) is 10.6. The molecule has 0 aliphatic rings. The van der Waals surface area contributed by atoms with Crippen molar-refractivity contribution in [3.8, 4) is 17.7 Å². The Hall–Kier alpha value is -3.58. The fourth-order valence-corrected chi connectivity index (χ4v) is 2.91. The smallest absolute Gasteiger partial charge is 0.277 e. The van der Waals surface area contributed by atoms with Crippen molar-refractivity contribution in [2.45, 2.75) is 17.5 Å². The molecule has 0 saturated carbocycles. The van der Waals surface area contributed by atoms with Gasteiger partial charge in [0.15, 0.2) is 0 Å². The predicted molar refractivity (Wildman–Crippen MR) is 95.2 cm³/mol. The van der Waals surface area contributed by atoms with Crippen molar-refractivity contribution >= 4 is 11.8 Å². The predicted octanol–water partition coefficient (Wildman–Crippen LogP) is 2.33. The van der Waals surface area contributed by atoms with Crippen LogP contribution >= 0.6 is 11.8 Å². The molecule has 1 aromatic carbocycles. The maximum absolute atomic E-state index is 8.84. The second kappa shape index (κ2) is 7.76. The lowest BCUT2D eigenvalue weighted by atomic mass is 10.1. The number of hydrogen-bond donors (Lipinski definition) is 0. The van der Waals surface area contributed by atoms with Crippen molar-refractivity contribution in [1.29, 1.82) is 5.26 Å². The Labute approximate surface area is 158 Å². The molecule has 3 heterocycles. The molecule has 27 heavy (non-hydrogen) atoms. The summed E-state index contributed by atoms with van der Waals surface area (Å²) in [5.74, 6) is 0.880. The lowest BCUT2D eigenvalue weighted by Crippen LogP contribution is -2.00. The van der Waals surface area contributed by atoms with Crippen molar-refractivity contribution in [2.24, 2.45) is 0 Å². The van der Waals surface area contributed by atoms with Crippen LogP contribution in [-0.4, -0.2) is 35.2 Å². The lowest BCUT2D eigenvalue weighted by molar-refractivity contribution is 0.464. The average molecular weight is 376 g/mol. The zero-order valence-electron chi connectivity index (χ0n) is 13.9. The van der Waals surface area contributed by atoms with E-state index in [2.05, 4.69) is 36.5 Å². The van der Waals surface area contributed by atoms with Gasteiger partial charge in [-0.3, -0.25) is 4.98 Å². The van der Waals surface area contributed by atoms with Crippen molar-refractivity contribution < 1.29 is 4.42 Å². The molecule has 0 aliphatic carbocycles. The Morgan fingerprint density at radius 1 is 1.11 bits per heavy atom. The first-order valence-corrected chi connectivity index (χ1v) is 8.89. The molecule has 0 aliphatic heterocycles. The Morgan fingerprint density at radius 2 is 2.00 bits per heavy atom. The molecule has 0 saturated heterocycles. The molecule has 0 N–H and O–H groups in total. The van der Waals surface area contributed by atoms with Gasteiger partial charge in [-0.1, -0.05) is 29.1 Å². The molecule has 0 radical (unpaired) electrons. The molecule has 9 nitrogen and oxygen atoms in total. The maximum Gasteiger partial charge on any atom is 0.277 e. The largest absolute Gasteiger partial charge is 0.410 e. The summed E-state index contributed by atoms with van der Waals surface area (Å²) in [4.78, 5) is 8.10. The van der Waals surface area contributed by atoms with E-state index in [0.29, 0.717) is 34.7 Å². The van der Waals surface area contributed by atoms with Crippen LogP contribution in [-0.2, 0) is 12.3 Å². The lowest BCUT2D eigenvalue weighted by Gasteiger charge is -2.00. The third kappa shape index (κ3) is 4.16. The van der Waals surface area contributed by atoms with Crippen LogP contribution in [0.3, 0.4) is 0 Å². The van der Waals surface area contributed by atoms with Gasteiger partial charge in [-0.25, -0.2) is 9.67 Å². The molecule has 0 amide bonds. The molecule has 0 atom stereocenters. The molecule has 0 unspecified atom stereocenters. The van der Waals surface area contributed by atoms with Gasteiger partial charge in [0.1, 0.15) is 5.69 Å². The van der Waals surface area contributed by atoms with Crippen LogP contribution in [0.2, 0.25) is 0 Å². The standard InChI is InChI=1S/C17H12N8OS/c18-7-12-1-3-13(4-2-12)9-25-10-14(21-24-25)11-27-17-23-22-16(26-17)15-8-19-5-6-20-15/h1-6,8,10H,9,11H2. The van der Waals surface area contributed by atoms with Crippen LogP contribution in [0.4, 0.5) is 0 Å². The van der Waals surface area contributed by atoms with E-state index in [1.807, 2.05) is 18.3 Å². The van der Waals surface area contributed by atoms with Gasteiger partial charge in [0.2, 0.25) is 0 Å². The van der Waals surface area contributed by atoms with Crippen molar-refractivity contribution in [3.63, 3.8) is 0 Å². The van der Waals surface area contributed by atoms with Gasteiger partial charge < -0.3 is 4.42 Å². The van der Waals surface area contributed by atoms with E-state index in [-0.39, 0.29) is 0 Å². The van der Waals surface area contributed by atoms with E-state index in [0.717, 1.165) is 11.3 Å². The van der Waals surface area contributed by atoms with Gasteiger partial charge in [-0.05, 0) is 17.7 Å². The minimum absolute atomic E-state index is 0.329. The second-order valence-corrected chi connectivity index (χ2v) is 6.40. The Kier molecular flexibility index (Phi) is 4.84. The average Bonchev–Trinajstić information content (AvgIpc) is 3.37. The van der Waals surface area contributed by atoms with E-state index in [1.165, 1.54) is 11.8 Å². The van der Waals surface area contributed by atoms with E-state index < -0.39 is 0 Å². The first-order chi connectivity index (χ1) is 13.3. The molecular weight excluding hydrogens is 364 g/mol. The van der Waals surface area contributed by atoms with Crippen LogP contribution in [0.25, 0.3) is 11.6 Å². The number of thioether (sulfide) groups is 1. The van der Waals surface area contributed by atoms with Gasteiger partial charge in [0, 0.05) is 24.3 Å². The third-order valence-corrected chi connectivity index (χ3v) is 4.40. The Balaban J connectivity index is 1.36. The van der Waals surface area contributed by atoms with Gasteiger partial charge in [-0.2, -0.15) is 5.26 Å². The third-order valence-electron chi connectivity index (χ3n) is 3.55. The van der Waals surface area contributed by atoms with E-state index in [9.17, 15) is 0 Å². The van der Waals surface area contributed by atoms with E-state index in [1.54, 1.807) is 35.4 Å². The quantitative estimate of drug-likeness (QED) is 0.467. The van der Waals surface area contributed by atoms with Crippen LogP contribution in [0.15, 0.2) is 58.7 Å². The Bertz CT molecular complexity index is 1070. The van der Waals surface area contributed by atoms with E-state index in [4.69, 9.17) is 9.68 Å². The van der Waals surface area contributed by atoms with Gasteiger partial charge >= 0.3 is 0 Å². The molecule has 10 heteroatoms. The van der Waals surface area contributed by atoms with Crippen molar-refractivity contribution in [2.75, 3.05) is 0 Å². The topological polar surface area (TPSA) is 119 Å². The summed E-state index contributed by atoms with van der Waals surface area (Å²) in [6.07, 6.45) is 6.58. The molecule has 3 aromatic heterocycles. The summed E-state index contributed by atoms with van der Waals surface area (Å²) >= 11 is 1.37. The Morgan fingerprint density at radius 3 is 2.78 bits per heavy atom. The van der Waals surface area contributed by atoms with Gasteiger partial charge in [0.25, 0.3) is 11.1 Å². The fourth-order valence-electron chi connectivity index (χ4n) is 2.27. The summed E-state index contributed by atoms with van der Waals surface area (Å²) in [6, 6.07) is 9.48. The number of hydrogen-bond acceptors (Lipinski definition) is 9. The van der Waals surface area contributed by atoms with Crippen LogP contribution in [0, 0.1) is 11.3 Å². The molecule has 0 bridgehead atoms. The van der Waals surface area contributed by atoms with Crippen LogP contribution in [0.5, 0.6) is 0 Å². The number of aromatic nitrogens is 7. The SMILES string of the molecule is N#Cc1ccc(Cn2cc(CSc3nnc(-c4cnccn4)o3)nn2)cc1. The summed E-state index contributed by atoms with van der Waals surface area (Å²) < 4.78 is 7.32. The maximum atomic E-state index is 8.84. The first-order valence-electron chi connectivity index (χ1n) is 7.91. The minimum Gasteiger partial charge on any atom is -0.410 e. The number of nitriles is 1. The summed E-state index contributed by atoms with van der Waals surface area (Å²) in [7, 11) is 0. The first kappa shape index (κ1) is 16.9. The van der Waals surface area contributed by atoms with Crippen molar-refractivity contribution in [3.05, 3.63) is 65.9 Å². The zero-order valence-corrected chi connectivity index (χ0v) is 14.7. The highest BCUT2D eigenvalue weighted by atomic mass is 32.2. The minimum atomic E-state index is 0.329. The zero-order chi connectivity index (χ0) is 18.5. The van der Waals surface area contributed by atoms with E-state index >= 15 is 0 Å². The number of rotatable bonds is 6. The number of nitrogens with zero attached hydrogens (tertiary/aromatic N) is 8. The highest BCUT2D eigenvalue weighted by Crippen LogP contribution is 2.23. The highest BCUT2D eigenvalue weighted by molar-refractivity contribution is 7.98. The summed E-state index contributed by atoms with van der Waals surface area (Å²) in [5, 5.41) is 25.5. The summed E-state index contributed by atoms with van der Waals surface area (Å²) in [6.45, 7) is 0.584. The molecular formula is C17H12N8OS. The fraction of sp³-hybridized carbons (Fsp3) is 0.118. The van der Waals surface area contributed by atoms with Crippen LogP contribution in [0.1, 0.15) is 16.8 Å². The molecule has 0 fully saturated rings. The molecule has 4 rings (SSSR count). The second-order valence-electron chi connectivity index (χ2n) is 5.47.